The van der Waals surface area contributed by atoms with Crippen molar-refractivity contribution in [2.24, 2.45) is 0 Å². The summed E-state index contributed by atoms with van der Waals surface area (Å²) in [7, 11) is 1.63. The zero-order chi connectivity index (χ0) is 26.6. The van der Waals surface area contributed by atoms with E-state index < -0.39 is 0 Å². The van der Waals surface area contributed by atoms with Crippen LogP contribution < -0.4 is 9.64 Å². The van der Waals surface area contributed by atoms with Crippen LogP contribution in [0.2, 0.25) is 0 Å². The summed E-state index contributed by atoms with van der Waals surface area (Å²) < 4.78 is 18.5. The van der Waals surface area contributed by atoms with E-state index in [4.69, 9.17) is 4.74 Å². The number of carbonyl (C=O) groups excluding carboxylic acids is 3. The highest BCUT2D eigenvalue weighted by Gasteiger charge is 2.38. The van der Waals surface area contributed by atoms with E-state index in [2.05, 4.69) is 4.90 Å². The Morgan fingerprint density at radius 2 is 1.61 bits per heavy atom. The summed E-state index contributed by atoms with van der Waals surface area (Å²) in [6, 6.07) is 19.2. The average molecular weight is 516 g/mol. The topological polar surface area (TPSA) is 70.2 Å². The minimum atomic E-state index is -0.321. The first kappa shape index (κ1) is 25.4. The third kappa shape index (κ3) is 5.25. The predicted octanol–water partition coefficient (Wildman–Crippen LogP) is 3.95. The van der Waals surface area contributed by atoms with Crippen LogP contribution in [0, 0.1) is 5.82 Å². The van der Waals surface area contributed by atoms with E-state index in [1.54, 1.807) is 31.4 Å². The van der Waals surface area contributed by atoms with Gasteiger partial charge in [-0.3, -0.25) is 19.3 Å². The van der Waals surface area contributed by atoms with Crippen molar-refractivity contribution >= 4 is 23.4 Å². The van der Waals surface area contributed by atoms with Crippen molar-refractivity contribution in [3.63, 3.8) is 0 Å². The Balaban J connectivity index is 1.20. The van der Waals surface area contributed by atoms with Gasteiger partial charge in [-0.25, -0.2) is 4.39 Å². The maximum Gasteiger partial charge on any atom is 0.263 e. The Morgan fingerprint density at radius 1 is 0.868 bits per heavy atom. The fourth-order valence-electron chi connectivity index (χ4n) is 5.11. The molecule has 0 aromatic heterocycles. The van der Waals surface area contributed by atoms with Gasteiger partial charge in [0.1, 0.15) is 11.6 Å². The molecule has 2 aliphatic rings. The number of hydrogen-bond donors (Lipinski definition) is 0. The summed E-state index contributed by atoms with van der Waals surface area (Å²) >= 11 is 0. The lowest BCUT2D eigenvalue weighted by atomic mass is 10.1. The highest BCUT2D eigenvalue weighted by atomic mass is 19.1. The lowest BCUT2D eigenvalue weighted by molar-refractivity contribution is -0.131. The van der Waals surface area contributed by atoms with Gasteiger partial charge in [0.15, 0.2) is 0 Å². The van der Waals surface area contributed by atoms with Crippen molar-refractivity contribution in [1.29, 1.82) is 0 Å². The van der Waals surface area contributed by atoms with Gasteiger partial charge in [-0.05, 0) is 60.4 Å². The molecule has 2 heterocycles. The number of halogens is 1. The molecule has 0 bridgehead atoms. The summed E-state index contributed by atoms with van der Waals surface area (Å²) in [5.41, 5.74) is 3.48. The molecule has 1 saturated heterocycles. The van der Waals surface area contributed by atoms with Crippen molar-refractivity contribution in [1.82, 2.24) is 9.80 Å². The zero-order valence-corrected chi connectivity index (χ0v) is 21.4. The minimum absolute atomic E-state index is 0.101. The fourth-order valence-corrected chi connectivity index (χ4v) is 5.11. The number of hydrogen-bond acceptors (Lipinski definition) is 5. The van der Waals surface area contributed by atoms with Crippen LogP contribution in [-0.4, -0.2) is 67.4 Å². The number of imide groups is 1. The molecular weight excluding hydrogens is 485 g/mol. The number of carbonyl (C=O) groups is 3. The van der Waals surface area contributed by atoms with Gasteiger partial charge in [0.2, 0.25) is 5.91 Å². The molecule has 7 nitrogen and oxygen atoms in total. The Hall–Kier alpha value is -4.20. The molecule has 0 atom stereocenters. The number of ether oxygens (including phenoxy) is 1. The minimum Gasteiger partial charge on any atom is -0.497 e. The molecule has 0 saturated carbocycles. The first-order valence-electron chi connectivity index (χ1n) is 12.8. The number of methoxy groups -OCH3 is 1. The number of rotatable bonds is 8. The molecule has 196 valence electrons. The molecule has 0 unspecified atom stereocenters. The van der Waals surface area contributed by atoms with E-state index in [0.29, 0.717) is 56.6 Å². The predicted molar refractivity (Wildman–Crippen MR) is 142 cm³/mol. The van der Waals surface area contributed by atoms with Crippen molar-refractivity contribution in [2.75, 3.05) is 44.7 Å². The number of benzene rings is 3. The van der Waals surface area contributed by atoms with E-state index in [1.807, 2.05) is 35.2 Å². The van der Waals surface area contributed by atoms with Crippen LogP contribution in [0.3, 0.4) is 0 Å². The van der Waals surface area contributed by atoms with Crippen LogP contribution in [-0.2, 0) is 17.6 Å². The van der Waals surface area contributed by atoms with Crippen molar-refractivity contribution < 1.29 is 23.5 Å². The zero-order valence-electron chi connectivity index (χ0n) is 21.4. The second-order valence-electron chi connectivity index (χ2n) is 9.56. The van der Waals surface area contributed by atoms with E-state index >= 15 is 0 Å². The highest BCUT2D eigenvalue weighted by molar-refractivity contribution is 6.23. The first-order valence-corrected chi connectivity index (χ1v) is 12.8. The quantitative estimate of drug-likeness (QED) is 0.425. The number of fused-ring (bicyclic) bond motifs is 1. The summed E-state index contributed by atoms with van der Waals surface area (Å²) in [4.78, 5) is 44.5. The van der Waals surface area contributed by atoms with Gasteiger partial charge < -0.3 is 14.5 Å². The monoisotopic (exact) mass is 515 g/mol. The Labute approximate surface area is 221 Å². The van der Waals surface area contributed by atoms with E-state index in [-0.39, 0.29) is 30.1 Å². The van der Waals surface area contributed by atoms with E-state index in [1.165, 1.54) is 17.0 Å². The maximum absolute atomic E-state index is 13.3. The fraction of sp³-hybridized carbons (Fsp3) is 0.300. The van der Waals surface area contributed by atoms with Crippen molar-refractivity contribution in [3.05, 3.63) is 94.8 Å². The van der Waals surface area contributed by atoms with E-state index in [0.717, 1.165) is 22.6 Å². The first-order chi connectivity index (χ1) is 18.4. The summed E-state index contributed by atoms with van der Waals surface area (Å²) in [6.07, 6.45) is 1.52. The smallest absolute Gasteiger partial charge is 0.263 e. The normalized spacial score (nSPS) is 15.2. The molecule has 0 radical (unpaired) electrons. The molecule has 3 amide bonds. The van der Waals surface area contributed by atoms with Gasteiger partial charge in [-0.2, -0.15) is 0 Å². The molecule has 5 rings (SSSR count). The lowest BCUT2D eigenvalue weighted by Crippen LogP contribution is -2.49. The van der Waals surface area contributed by atoms with Crippen LogP contribution >= 0.6 is 0 Å². The third-order valence-electron chi connectivity index (χ3n) is 7.25. The highest BCUT2D eigenvalue weighted by Crippen LogP contribution is 2.32. The van der Waals surface area contributed by atoms with Gasteiger partial charge in [0.25, 0.3) is 11.8 Å². The standard InChI is InChI=1S/C30H30FN3O4/c1-38-24-5-2-4-22(20-24)10-13-27(35)33-18-16-32(17-19-33)26-7-3-6-25-28(26)30(37)34(29(25)36)15-14-21-8-11-23(31)12-9-21/h2-9,11-12,20H,10,13-19H2,1H3. The van der Waals surface area contributed by atoms with Crippen LogP contribution in [0.15, 0.2) is 66.7 Å². The lowest BCUT2D eigenvalue weighted by Gasteiger charge is -2.36. The van der Waals surface area contributed by atoms with Crippen LogP contribution in [0.25, 0.3) is 0 Å². The molecular formula is C30H30FN3O4. The molecule has 3 aromatic carbocycles. The van der Waals surface area contributed by atoms with Gasteiger partial charge in [0.05, 0.1) is 23.9 Å². The Bertz CT molecular complexity index is 1350. The molecule has 0 aliphatic carbocycles. The largest absolute Gasteiger partial charge is 0.497 e. The molecule has 3 aromatic rings. The second-order valence-corrected chi connectivity index (χ2v) is 9.56. The van der Waals surface area contributed by atoms with Gasteiger partial charge >= 0.3 is 0 Å². The molecule has 8 heteroatoms. The van der Waals surface area contributed by atoms with Crippen molar-refractivity contribution in [3.8, 4) is 5.75 Å². The van der Waals surface area contributed by atoms with Gasteiger partial charge in [-0.1, -0.05) is 30.3 Å². The number of nitrogens with zero attached hydrogens (tertiary/aromatic N) is 3. The average Bonchev–Trinajstić information content (AvgIpc) is 3.20. The van der Waals surface area contributed by atoms with Gasteiger partial charge in [-0.15, -0.1) is 0 Å². The SMILES string of the molecule is COc1cccc(CCC(=O)N2CCN(c3cccc4c3C(=O)N(CCc3ccc(F)cc3)C4=O)CC2)c1. The maximum atomic E-state index is 13.3. The van der Waals surface area contributed by atoms with Crippen molar-refractivity contribution in [2.45, 2.75) is 19.3 Å². The van der Waals surface area contributed by atoms with Crippen LogP contribution in [0.4, 0.5) is 10.1 Å². The Morgan fingerprint density at radius 3 is 2.34 bits per heavy atom. The summed E-state index contributed by atoms with van der Waals surface area (Å²) in [5, 5.41) is 0. The molecule has 2 aliphatic heterocycles. The van der Waals surface area contributed by atoms with Crippen LogP contribution in [0.1, 0.15) is 38.3 Å². The second kappa shape index (κ2) is 11.0. The molecule has 1 fully saturated rings. The molecule has 0 spiro atoms. The molecule has 38 heavy (non-hydrogen) atoms. The molecule has 0 N–H and O–H groups in total. The number of amides is 3. The Kier molecular flexibility index (Phi) is 7.40. The van der Waals surface area contributed by atoms with Gasteiger partial charge in [0, 0.05) is 39.1 Å². The third-order valence-corrected chi connectivity index (χ3v) is 7.25. The number of piperazine rings is 1. The summed E-state index contributed by atoms with van der Waals surface area (Å²) in [6.45, 7) is 2.50. The van der Waals surface area contributed by atoms with E-state index in [9.17, 15) is 18.8 Å². The van der Waals surface area contributed by atoms with Crippen LogP contribution in [0.5, 0.6) is 5.75 Å². The number of anilines is 1. The summed E-state index contributed by atoms with van der Waals surface area (Å²) in [5.74, 6) is -0.0532. The number of aryl methyl sites for hydroxylation is 1.